The van der Waals surface area contributed by atoms with Gasteiger partial charge in [-0.1, -0.05) is 18.2 Å². The molecule has 0 amide bonds. The third-order valence-corrected chi connectivity index (χ3v) is 7.96. The fraction of sp³-hybridized carbons (Fsp3) is 0.250. The van der Waals surface area contributed by atoms with E-state index in [0.717, 1.165) is 21.9 Å². The topological polar surface area (TPSA) is 84.9 Å². The van der Waals surface area contributed by atoms with Crippen LogP contribution in [0.1, 0.15) is 0 Å². The summed E-state index contributed by atoms with van der Waals surface area (Å²) >= 11 is 0. The molecule has 0 bridgehead atoms. The standard InChI is InChI=1S/C24H21F5O6S2/c1-33-15-16-34-17-7-11-20(12-8-17)36(19-5-3-2-4-6-19)21-13-9-18(10-14-21)35-22(23(25,26)27)24(28,29)37(30,31)32/h2-14,22H,15-16H2,1H3. The average molecular weight is 565 g/mol. The first-order valence-electron chi connectivity index (χ1n) is 10.5. The predicted molar refractivity (Wildman–Crippen MR) is 124 cm³/mol. The highest BCUT2D eigenvalue weighted by Crippen LogP contribution is 2.39. The lowest BCUT2D eigenvalue weighted by molar-refractivity contribution is -0.239. The van der Waals surface area contributed by atoms with Crippen LogP contribution in [-0.2, 0) is 25.7 Å². The molecule has 200 valence electrons. The van der Waals surface area contributed by atoms with Gasteiger partial charge in [0, 0.05) is 7.11 Å². The predicted octanol–water partition coefficient (Wildman–Crippen LogP) is 5.25. The second kappa shape index (κ2) is 11.7. The van der Waals surface area contributed by atoms with Gasteiger partial charge in [0.15, 0.2) is 24.8 Å². The number of benzene rings is 3. The van der Waals surface area contributed by atoms with Crippen LogP contribution < -0.4 is 9.47 Å². The Kier molecular flexibility index (Phi) is 9.05. The summed E-state index contributed by atoms with van der Waals surface area (Å²) < 4.78 is 114. The van der Waals surface area contributed by atoms with E-state index in [0.29, 0.717) is 23.9 Å². The number of alkyl halides is 5. The number of hydrogen-bond acceptors (Lipinski definition) is 6. The van der Waals surface area contributed by atoms with Crippen LogP contribution in [0.3, 0.4) is 0 Å². The normalized spacial score (nSPS) is 14.1. The Morgan fingerprint density at radius 1 is 0.784 bits per heavy atom. The minimum absolute atomic E-state index is 0.354. The van der Waals surface area contributed by atoms with Crippen molar-refractivity contribution in [1.82, 2.24) is 0 Å². The van der Waals surface area contributed by atoms with Crippen molar-refractivity contribution in [3.05, 3.63) is 78.9 Å². The summed E-state index contributed by atoms with van der Waals surface area (Å²) in [7, 11) is -5.85. The zero-order valence-electron chi connectivity index (χ0n) is 19.2. The van der Waals surface area contributed by atoms with E-state index in [1.807, 2.05) is 42.5 Å². The van der Waals surface area contributed by atoms with E-state index >= 15 is 0 Å². The third kappa shape index (κ3) is 7.12. The Balaban J connectivity index is 1.92. The molecule has 0 saturated carbocycles. The summed E-state index contributed by atoms with van der Waals surface area (Å²) in [5, 5.41) is -5.73. The van der Waals surface area contributed by atoms with E-state index in [1.165, 1.54) is 12.1 Å². The van der Waals surface area contributed by atoms with Crippen molar-refractivity contribution >= 4 is 21.0 Å². The van der Waals surface area contributed by atoms with Crippen molar-refractivity contribution in [2.75, 3.05) is 20.3 Å². The zero-order valence-corrected chi connectivity index (χ0v) is 20.8. The van der Waals surface area contributed by atoms with Crippen LogP contribution >= 0.6 is 0 Å². The summed E-state index contributed by atoms with van der Waals surface area (Å²) in [4.78, 5) is 2.30. The van der Waals surface area contributed by atoms with E-state index in [-0.39, 0.29) is 0 Å². The summed E-state index contributed by atoms with van der Waals surface area (Å²) in [5.74, 6) is -0.0819. The molecule has 2 unspecified atom stereocenters. The first-order valence-corrected chi connectivity index (χ1v) is 13.2. The van der Waals surface area contributed by atoms with Crippen LogP contribution in [0.2, 0.25) is 0 Å². The SMILES string of the molecule is COCCOc1ccc([S+](c2ccccc2)c2ccc(OC(C(F)(F)F)C(F)(F)S(=O)(=O)[O-])cc2)cc1. The Bertz CT molecular complexity index is 1250. The molecule has 13 heteroatoms. The minimum atomic E-state index is -6.65. The smallest absolute Gasteiger partial charge is 0.432 e. The third-order valence-electron chi connectivity index (χ3n) is 4.84. The van der Waals surface area contributed by atoms with Crippen molar-refractivity contribution in [2.45, 2.75) is 32.2 Å². The number of hydrogen-bond donors (Lipinski definition) is 0. The molecule has 6 nitrogen and oxygen atoms in total. The summed E-state index contributed by atoms with van der Waals surface area (Å²) in [5.41, 5.74) is 0. The van der Waals surface area contributed by atoms with Gasteiger partial charge in [-0.3, -0.25) is 0 Å². The number of methoxy groups -OCH3 is 1. The first-order chi connectivity index (χ1) is 17.3. The molecule has 0 radical (unpaired) electrons. The maximum absolute atomic E-state index is 13.8. The van der Waals surface area contributed by atoms with Crippen LogP contribution in [0.4, 0.5) is 22.0 Å². The van der Waals surface area contributed by atoms with E-state index in [1.54, 1.807) is 19.2 Å². The van der Waals surface area contributed by atoms with Gasteiger partial charge in [0.25, 0.3) is 6.10 Å². The second-order valence-corrected chi connectivity index (χ2v) is 10.9. The van der Waals surface area contributed by atoms with E-state index in [9.17, 15) is 34.9 Å². The lowest BCUT2D eigenvalue weighted by atomic mass is 10.3. The van der Waals surface area contributed by atoms with Gasteiger partial charge < -0.3 is 18.8 Å². The van der Waals surface area contributed by atoms with Crippen LogP contribution in [0, 0.1) is 0 Å². The molecule has 0 N–H and O–H groups in total. The van der Waals surface area contributed by atoms with Gasteiger partial charge in [-0.2, -0.15) is 22.0 Å². The highest BCUT2D eigenvalue weighted by atomic mass is 32.2. The largest absolute Gasteiger partial charge is 0.743 e. The number of ether oxygens (including phenoxy) is 3. The van der Waals surface area contributed by atoms with Crippen LogP contribution in [0.5, 0.6) is 11.5 Å². The van der Waals surface area contributed by atoms with Crippen molar-refractivity contribution in [2.24, 2.45) is 0 Å². The molecule has 0 heterocycles. The van der Waals surface area contributed by atoms with Crippen molar-refractivity contribution in [3.63, 3.8) is 0 Å². The van der Waals surface area contributed by atoms with Crippen molar-refractivity contribution in [3.8, 4) is 11.5 Å². The summed E-state index contributed by atoms with van der Waals surface area (Å²) in [6.45, 7) is 0.764. The highest BCUT2D eigenvalue weighted by Gasteiger charge is 2.62. The molecule has 0 fully saturated rings. The van der Waals surface area contributed by atoms with Gasteiger partial charge in [-0.25, -0.2) is 8.42 Å². The molecule has 3 aromatic rings. The molecule has 37 heavy (non-hydrogen) atoms. The fourth-order valence-corrected chi connectivity index (χ4v) is 5.63. The highest BCUT2D eigenvalue weighted by molar-refractivity contribution is 7.97. The van der Waals surface area contributed by atoms with E-state index in [4.69, 9.17) is 9.47 Å². The summed E-state index contributed by atoms with van der Waals surface area (Å²) in [6.07, 6.45) is -10.0. The molecular formula is C24H21F5O6S2. The molecule has 0 aromatic heterocycles. The molecule has 0 aliphatic heterocycles. The van der Waals surface area contributed by atoms with Crippen LogP contribution in [0.15, 0.2) is 93.5 Å². The Labute approximate surface area is 213 Å². The molecule has 0 spiro atoms. The Morgan fingerprint density at radius 2 is 1.27 bits per heavy atom. The lowest BCUT2D eigenvalue weighted by Crippen LogP contribution is -2.53. The van der Waals surface area contributed by atoms with Crippen molar-refractivity contribution < 1.29 is 49.1 Å². The number of rotatable bonds is 11. The van der Waals surface area contributed by atoms with Gasteiger partial charge in [0.2, 0.25) is 0 Å². The van der Waals surface area contributed by atoms with Crippen molar-refractivity contribution in [1.29, 1.82) is 0 Å². The summed E-state index contributed by atoms with van der Waals surface area (Å²) in [6, 6.07) is 21.1. The van der Waals surface area contributed by atoms with Crippen LogP contribution in [-0.4, -0.2) is 50.8 Å². The second-order valence-electron chi connectivity index (χ2n) is 7.46. The fourth-order valence-electron chi connectivity index (χ4n) is 3.13. The molecule has 0 saturated heterocycles. The van der Waals surface area contributed by atoms with Crippen LogP contribution in [0.25, 0.3) is 0 Å². The van der Waals surface area contributed by atoms with E-state index in [2.05, 4.69) is 4.74 Å². The monoisotopic (exact) mass is 564 g/mol. The molecular weight excluding hydrogens is 543 g/mol. The average Bonchev–Trinajstić information content (AvgIpc) is 2.84. The molecule has 0 aliphatic rings. The quantitative estimate of drug-likeness (QED) is 0.137. The van der Waals surface area contributed by atoms with Gasteiger partial charge in [0.05, 0.1) is 17.5 Å². The van der Waals surface area contributed by atoms with E-state index < -0.39 is 44.3 Å². The first kappa shape index (κ1) is 28.7. The maximum atomic E-state index is 13.8. The van der Waals surface area contributed by atoms with Gasteiger partial charge in [-0.05, 0) is 60.7 Å². The molecule has 3 rings (SSSR count). The molecule has 3 aromatic carbocycles. The Morgan fingerprint density at radius 3 is 1.73 bits per heavy atom. The van der Waals surface area contributed by atoms with Gasteiger partial charge in [-0.15, -0.1) is 0 Å². The van der Waals surface area contributed by atoms with Gasteiger partial charge in [0.1, 0.15) is 18.1 Å². The maximum Gasteiger partial charge on any atom is 0.432 e. The minimum Gasteiger partial charge on any atom is -0.743 e. The van der Waals surface area contributed by atoms with Gasteiger partial charge >= 0.3 is 11.4 Å². The molecule has 0 aliphatic carbocycles. The Hall–Kier alpha value is -2.87. The lowest BCUT2D eigenvalue weighted by Gasteiger charge is -2.30. The molecule has 2 atom stereocenters. The number of halogens is 5. The zero-order chi connectivity index (χ0) is 27.3.